The molecular formula is C15H17NO. The van der Waals surface area contributed by atoms with Gasteiger partial charge in [-0.1, -0.05) is 30.3 Å². The highest BCUT2D eigenvalue weighted by Crippen LogP contribution is 2.26. The van der Waals surface area contributed by atoms with Crippen molar-refractivity contribution in [3.05, 3.63) is 42.5 Å². The predicted octanol–water partition coefficient (Wildman–Crippen LogP) is 2.97. The fourth-order valence-electron chi connectivity index (χ4n) is 2.40. The molecule has 0 spiro atoms. The highest BCUT2D eigenvalue weighted by Gasteiger charge is 2.30. The Labute approximate surface area is 102 Å². The first kappa shape index (κ1) is 10.6. The van der Waals surface area contributed by atoms with Crippen LogP contribution in [0.4, 0.5) is 0 Å². The molecule has 1 unspecified atom stereocenters. The van der Waals surface area contributed by atoms with E-state index in [1.807, 2.05) is 0 Å². The minimum atomic E-state index is -0.0531. The van der Waals surface area contributed by atoms with Crippen molar-refractivity contribution in [1.82, 2.24) is 5.32 Å². The van der Waals surface area contributed by atoms with E-state index in [2.05, 4.69) is 54.7 Å². The Morgan fingerprint density at radius 2 is 1.94 bits per heavy atom. The number of nitrogens with one attached hydrogen (secondary N) is 1. The lowest BCUT2D eigenvalue weighted by Crippen LogP contribution is -2.34. The molecule has 2 aromatic rings. The van der Waals surface area contributed by atoms with E-state index in [1.54, 1.807) is 0 Å². The lowest BCUT2D eigenvalue weighted by molar-refractivity contribution is 0.111. The Hall–Kier alpha value is -1.54. The Bertz CT molecular complexity index is 529. The lowest BCUT2D eigenvalue weighted by Gasteiger charge is -2.25. The average Bonchev–Trinajstić information content (AvgIpc) is 2.76. The highest BCUT2D eigenvalue weighted by atomic mass is 16.5. The van der Waals surface area contributed by atoms with Crippen LogP contribution in [0.5, 0.6) is 5.75 Å². The summed E-state index contributed by atoms with van der Waals surface area (Å²) in [6.07, 6.45) is 1.07. The van der Waals surface area contributed by atoms with Crippen LogP contribution in [0.1, 0.15) is 13.3 Å². The molecule has 1 saturated heterocycles. The molecule has 1 aliphatic rings. The minimum Gasteiger partial charge on any atom is -0.486 e. The predicted molar refractivity (Wildman–Crippen MR) is 70.5 cm³/mol. The first-order valence-corrected chi connectivity index (χ1v) is 6.14. The number of rotatable bonds is 2. The van der Waals surface area contributed by atoms with Crippen molar-refractivity contribution in [3.8, 4) is 5.75 Å². The van der Waals surface area contributed by atoms with Crippen LogP contribution >= 0.6 is 0 Å². The number of hydrogen-bond donors (Lipinski definition) is 1. The second-order valence-electron chi connectivity index (χ2n) is 4.99. The van der Waals surface area contributed by atoms with E-state index < -0.39 is 0 Å². The minimum absolute atomic E-state index is 0.0531. The maximum absolute atomic E-state index is 6.11. The molecule has 1 fully saturated rings. The van der Waals surface area contributed by atoms with Gasteiger partial charge >= 0.3 is 0 Å². The highest BCUT2D eigenvalue weighted by molar-refractivity contribution is 5.83. The van der Waals surface area contributed by atoms with E-state index in [1.165, 1.54) is 10.8 Å². The van der Waals surface area contributed by atoms with Gasteiger partial charge in [0.2, 0.25) is 0 Å². The first-order valence-electron chi connectivity index (χ1n) is 6.14. The van der Waals surface area contributed by atoms with E-state index in [0.717, 1.165) is 25.3 Å². The van der Waals surface area contributed by atoms with E-state index in [-0.39, 0.29) is 5.60 Å². The number of hydrogen-bond acceptors (Lipinski definition) is 2. The first-order chi connectivity index (χ1) is 8.25. The van der Waals surface area contributed by atoms with E-state index >= 15 is 0 Å². The fourth-order valence-corrected chi connectivity index (χ4v) is 2.40. The fraction of sp³-hybridized carbons (Fsp3) is 0.333. The molecule has 0 aliphatic carbocycles. The van der Waals surface area contributed by atoms with Gasteiger partial charge in [0.05, 0.1) is 0 Å². The summed E-state index contributed by atoms with van der Waals surface area (Å²) in [5.41, 5.74) is -0.0531. The molecule has 2 aromatic carbocycles. The number of fused-ring (bicyclic) bond motifs is 1. The third-order valence-corrected chi connectivity index (χ3v) is 3.41. The molecule has 0 amide bonds. The smallest absolute Gasteiger partial charge is 0.120 e. The maximum Gasteiger partial charge on any atom is 0.120 e. The lowest BCUT2D eigenvalue weighted by atomic mass is 10.1. The van der Waals surface area contributed by atoms with Gasteiger partial charge in [0.15, 0.2) is 0 Å². The van der Waals surface area contributed by atoms with Crippen molar-refractivity contribution in [2.24, 2.45) is 0 Å². The van der Waals surface area contributed by atoms with Crippen LogP contribution in [-0.4, -0.2) is 18.7 Å². The zero-order valence-corrected chi connectivity index (χ0v) is 10.1. The van der Waals surface area contributed by atoms with Gasteiger partial charge in [-0.25, -0.2) is 0 Å². The second-order valence-corrected chi connectivity index (χ2v) is 4.99. The molecule has 1 heterocycles. The molecule has 0 saturated carbocycles. The van der Waals surface area contributed by atoms with Crippen molar-refractivity contribution in [2.75, 3.05) is 13.1 Å². The van der Waals surface area contributed by atoms with Gasteiger partial charge in [0.25, 0.3) is 0 Å². The molecule has 1 N–H and O–H groups in total. The van der Waals surface area contributed by atoms with Crippen molar-refractivity contribution in [3.63, 3.8) is 0 Å². The van der Waals surface area contributed by atoms with Crippen molar-refractivity contribution in [1.29, 1.82) is 0 Å². The van der Waals surface area contributed by atoms with Gasteiger partial charge in [0.1, 0.15) is 11.4 Å². The number of benzene rings is 2. The summed E-state index contributed by atoms with van der Waals surface area (Å²) in [7, 11) is 0. The maximum atomic E-state index is 6.11. The molecular weight excluding hydrogens is 210 g/mol. The van der Waals surface area contributed by atoms with E-state index in [9.17, 15) is 0 Å². The molecule has 3 rings (SSSR count). The third-order valence-electron chi connectivity index (χ3n) is 3.41. The topological polar surface area (TPSA) is 21.3 Å². The zero-order chi connectivity index (χ0) is 11.7. The van der Waals surface area contributed by atoms with Gasteiger partial charge < -0.3 is 10.1 Å². The number of ether oxygens (including phenoxy) is 1. The Morgan fingerprint density at radius 1 is 1.12 bits per heavy atom. The summed E-state index contributed by atoms with van der Waals surface area (Å²) in [4.78, 5) is 0. The summed E-state index contributed by atoms with van der Waals surface area (Å²) in [5.74, 6) is 0.968. The Balaban J connectivity index is 1.90. The normalized spacial score (nSPS) is 24.1. The average molecular weight is 227 g/mol. The largest absolute Gasteiger partial charge is 0.486 e. The van der Waals surface area contributed by atoms with Crippen LogP contribution in [0.3, 0.4) is 0 Å². The van der Waals surface area contributed by atoms with Crippen molar-refractivity contribution in [2.45, 2.75) is 18.9 Å². The summed E-state index contributed by atoms with van der Waals surface area (Å²) in [6, 6.07) is 14.7. The van der Waals surface area contributed by atoms with Gasteiger partial charge in [-0.3, -0.25) is 0 Å². The van der Waals surface area contributed by atoms with Crippen molar-refractivity contribution >= 4 is 10.8 Å². The molecule has 17 heavy (non-hydrogen) atoms. The molecule has 0 aromatic heterocycles. The quantitative estimate of drug-likeness (QED) is 0.851. The van der Waals surface area contributed by atoms with E-state index in [4.69, 9.17) is 4.74 Å². The van der Waals surface area contributed by atoms with E-state index in [0.29, 0.717) is 0 Å². The molecule has 2 heteroatoms. The van der Waals surface area contributed by atoms with Crippen LogP contribution < -0.4 is 10.1 Å². The zero-order valence-electron chi connectivity index (χ0n) is 10.1. The summed E-state index contributed by atoms with van der Waals surface area (Å²) in [6.45, 7) is 4.14. The Kier molecular flexibility index (Phi) is 2.52. The summed E-state index contributed by atoms with van der Waals surface area (Å²) < 4.78 is 6.11. The molecule has 1 atom stereocenters. The van der Waals surface area contributed by atoms with Gasteiger partial charge in [-0.15, -0.1) is 0 Å². The van der Waals surface area contributed by atoms with Crippen LogP contribution in [-0.2, 0) is 0 Å². The second kappa shape index (κ2) is 4.04. The van der Waals surface area contributed by atoms with Gasteiger partial charge in [0, 0.05) is 13.0 Å². The molecule has 88 valence electrons. The van der Waals surface area contributed by atoms with Gasteiger partial charge in [-0.05, 0) is 36.4 Å². The van der Waals surface area contributed by atoms with Gasteiger partial charge in [-0.2, -0.15) is 0 Å². The molecule has 1 aliphatic heterocycles. The van der Waals surface area contributed by atoms with Crippen LogP contribution in [0.2, 0.25) is 0 Å². The Morgan fingerprint density at radius 3 is 2.71 bits per heavy atom. The van der Waals surface area contributed by atoms with Crippen LogP contribution in [0.25, 0.3) is 10.8 Å². The SMILES string of the molecule is CC1(Oc2ccc3ccccc3c2)CCNC1. The molecule has 0 bridgehead atoms. The summed E-state index contributed by atoms with van der Waals surface area (Å²) in [5, 5.41) is 5.84. The standard InChI is InChI=1S/C15H17NO/c1-15(8-9-16-11-15)17-14-7-6-12-4-2-3-5-13(12)10-14/h2-7,10,16H,8-9,11H2,1H3. The van der Waals surface area contributed by atoms with Crippen LogP contribution in [0.15, 0.2) is 42.5 Å². The molecule has 0 radical (unpaired) electrons. The molecule has 2 nitrogen and oxygen atoms in total. The monoisotopic (exact) mass is 227 g/mol. The van der Waals surface area contributed by atoms with Crippen molar-refractivity contribution < 1.29 is 4.74 Å². The van der Waals surface area contributed by atoms with Crippen LogP contribution in [0, 0.1) is 0 Å². The third kappa shape index (κ3) is 2.13. The summed E-state index contributed by atoms with van der Waals surface area (Å²) >= 11 is 0.